The quantitative estimate of drug-likeness (QED) is 0.694. The van der Waals surface area contributed by atoms with E-state index in [0.29, 0.717) is 33.1 Å². The van der Waals surface area contributed by atoms with Gasteiger partial charge in [0, 0.05) is 24.9 Å². The van der Waals surface area contributed by atoms with Crippen LogP contribution in [0.15, 0.2) is 23.4 Å². The normalized spacial score (nSPS) is 12.0. The van der Waals surface area contributed by atoms with E-state index >= 15 is 0 Å². The van der Waals surface area contributed by atoms with Crippen LogP contribution in [-0.2, 0) is 23.1 Å². The van der Waals surface area contributed by atoms with Crippen molar-refractivity contribution in [3.8, 4) is 0 Å². The number of aromatic nitrogens is 3. The number of benzene rings is 1. The van der Waals surface area contributed by atoms with E-state index in [1.165, 1.54) is 11.8 Å². The molecule has 1 atom stereocenters. The molecule has 0 spiro atoms. The molecule has 0 saturated heterocycles. The molecule has 0 radical (unpaired) electrons. The average molecular weight is 402 g/mol. The number of thioether (sulfide) groups is 1. The molecular weight excluding hydrogens is 385 g/mol. The molecule has 0 bridgehead atoms. The van der Waals surface area contributed by atoms with Gasteiger partial charge in [-0.3, -0.25) is 9.59 Å². The Hall–Kier alpha value is -1.77. The van der Waals surface area contributed by atoms with Crippen LogP contribution in [-0.4, -0.2) is 31.8 Å². The van der Waals surface area contributed by atoms with Crippen molar-refractivity contribution in [1.82, 2.24) is 14.8 Å². The fourth-order valence-electron chi connectivity index (χ4n) is 1.94. The Morgan fingerprint density at radius 1 is 1.36 bits per heavy atom. The van der Waals surface area contributed by atoms with Crippen molar-refractivity contribution in [2.24, 2.45) is 12.8 Å². The molecule has 0 fully saturated rings. The zero-order chi connectivity index (χ0) is 18.6. The van der Waals surface area contributed by atoms with Gasteiger partial charge in [0.15, 0.2) is 5.16 Å². The number of halogens is 2. The number of rotatable bonds is 7. The van der Waals surface area contributed by atoms with Crippen LogP contribution in [0.5, 0.6) is 0 Å². The molecular formula is C15H17Cl2N5O2S. The fourth-order valence-corrected chi connectivity index (χ4v) is 3.11. The van der Waals surface area contributed by atoms with Crippen molar-refractivity contribution in [3.63, 3.8) is 0 Å². The van der Waals surface area contributed by atoms with Crippen molar-refractivity contribution in [3.05, 3.63) is 34.1 Å². The second-order valence-electron chi connectivity index (χ2n) is 5.30. The van der Waals surface area contributed by atoms with E-state index in [0.717, 1.165) is 0 Å². The smallest absolute Gasteiger partial charge is 0.237 e. The number of hydrogen-bond acceptors (Lipinski definition) is 5. The third-order valence-electron chi connectivity index (χ3n) is 3.36. The van der Waals surface area contributed by atoms with E-state index in [9.17, 15) is 9.59 Å². The molecule has 0 saturated carbocycles. The van der Waals surface area contributed by atoms with Crippen LogP contribution in [0.25, 0.3) is 0 Å². The molecule has 134 valence electrons. The fraction of sp³-hybridized carbons (Fsp3) is 0.333. The molecule has 2 aromatic rings. The summed E-state index contributed by atoms with van der Waals surface area (Å²) >= 11 is 13.2. The molecule has 1 aromatic carbocycles. The first-order valence-electron chi connectivity index (χ1n) is 7.37. The second kappa shape index (κ2) is 8.55. The number of hydrogen-bond donors (Lipinski definition) is 2. The van der Waals surface area contributed by atoms with E-state index in [2.05, 4.69) is 15.5 Å². The summed E-state index contributed by atoms with van der Waals surface area (Å²) in [5.74, 6) is -0.00834. The van der Waals surface area contributed by atoms with Crippen molar-refractivity contribution < 1.29 is 9.59 Å². The molecule has 10 heteroatoms. The number of carbonyl (C=O) groups excluding carboxylic acids is 2. The molecule has 25 heavy (non-hydrogen) atoms. The minimum absolute atomic E-state index is 0.194. The van der Waals surface area contributed by atoms with Crippen molar-refractivity contribution >= 4 is 52.5 Å². The summed E-state index contributed by atoms with van der Waals surface area (Å²) in [6.07, 6.45) is 0.595. The highest BCUT2D eigenvalue weighted by atomic mass is 35.5. The van der Waals surface area contributed by atoms with Gasteiger partial charge in [-0.15, -0.1) is 10.2 Å². The third kappa shape index (κ3) is 5.35. The van der Waals surface area contributed by atoms with Gasteiger partial charge in [-0.05, 0) is 25.1 Å². The van der Waals surface area contributed by atoms with Gasteiger partial charge in [-0.1, -0.05) is 35.0 Å². The van der Waals surface area contributed by atoms with Gasteiger partial charge in [-0.25, -0.2) is 0 Å². The molecule has 2 amide bonds. The van der Waals surface area contributed by atoms with Gasteiger partial charge in [0.2, 0.25) is 11.8 Å². The number of anilines is 1. The van der Waals surface area contributed by atoms with E-state index in [-0.39, 0.29) is 12.3 Å². The van der Waals surface area contributed by atoms with Crippen molar-refractivity contribution in [2.45, 2.75) is 30.2 Å². The van der Waals surface area contributed by atoms with Gasteiger partial charge in [0.1, 0.15) is 5.82 Å². The molecule has 1 heterocycles. The number of carbonyl (C=O) groups is 2. The molecule has 7 nitrogen and oxygen atoms in total. The maximum absolute atomic E-state index is 12.4. The summed E-state index contributed by atoms with van der Waals surface area (Å²) in [5.41, 5.74) is 5.59. The summed E-state index contributed by atoms with van der Waals surface area (Å²) in [7, 11) is 1.77. The van der Waals surface area contributed by atoms with Crippen LogP contribution in [0.2, 0.25) is 10.0 Å². The standard InChI is InChI=1S/C15H17Cl2N5O2S/c1-8(14(24)19-11-7-9(16)3-4-10(11)17)25-15-21-20-13(22(15)2)6-5-12(18)23/h3-4,7-8H,5-6H2,1-2H3,(H2,18,23)(H,19,24)/t8-/m1/s1. The van der Waals surface area contributed by atoms with Gasteiger partial charge >= 0.3 is 0 Å². The summed E-state index contributed by atoms with van der Waals surface area (Å²) < 4.78 is 1.74. The van der Waals surface area contributed by atoms with Crippen LogP contribution in [0.4, 0.5) is 5.69 Å². The Labute approximate surface area is 159 Å². The summed E-state index contributed by atoms with van der Waals surface area (Å²) in [6, 6.07) is 4.85. The Bertz CT molecular complexity index is 796. The number of nitrogens with zero attached hydrogens (tertiary/aromatic N) is 3. The number of aryl methyl sites for hydroxylation is 1. The molecule has 2 rings (SSSR count). The Morgan fingerprint density at radius 3 is 2.76 bits per heavy atom. The summed E-state index contributed by atoms with van der Waals surface area (Å²) in [6.45, 7) is 1.75. The van der Waals surface area contributed by atoms with Crippen LogP contribution < -0.4 is 11.1 Å². The van der Waals surface area contributed by atoms with E-state index in [1.54, 1.807) is 36.7 Å². The van der Waals surface area contributed by atoms with Crippen LogP contribution >= 0.6 is 35.0 Å². The number of nitrogens with one attached hydrogen (secondary N) is 1. The lowest BCUT2D eigenvalue weighted by atomic mass is 10.3. The monoisotopic (exact) mass is 401 g/mol. The van der Waals surface area contributed by atoms with Crippen molar-refractivity contribution in [2.75, 3.05) is 5.32 Å². The molecule has 3 N–H and O–H groups in total. The second-order valence-corrected chi connectivity index (χ2v) is 7.45. The Balaban J connectivity index is 2.01. The minimum Gasteiger partial charge on any atom is -0.370 e. The predicted octanol–water partition coefficient (Wildman–Crippen LogP) is 2.66. The lowest BCUT2D eigenvalue weighted by Crippen LogP contribution is -2.23. The summed E-state index contributed by atoms with van der Waals surface area (Å²) in [5, 5.41) is 11.8. The topological polar surface area (TPSA) is 103 Å². The SMILES string of the molecule is C[C@@H](Sc1nnc(CCC(N)=O)n1C)C(=O)Nc1cc(Cl)ccc1Cl. The van der Waals surface area contributed by atoms with E-state index in [4.69, 9.17) is 28.9 Å². The highest BCUT2D eigenvalue weighted by Crippen LogP contribution is 2.27. The molecule has 0 aliphatic rings. The van der Waals surface area contributed by atoms with Gasteiger partial charge in [0.25, 0.3) is 0 Å². The molecule has 0 unspecified atom stereocenters. The maximum Gasteiger partial charge on any atom is 0.237 e. The first-order chi connectivity index (χ1) is 11.8. The van der Waals surface area contributed by atoms with Gasteiger partial charge < -0.3 is 15.6 Å². The summed E-state index contributed by atoms with van der Waals surface area (Å²) in [4.78, 5) is 23.2. The van der Waals surface area contributed by atoms with Gasteiger partial charge in [0.05, 0.1) is 16.0 Å². The van der Waals surface area contributed by atoms with Crippen molar-refractivity contribution in [1.29, 1.82) is 0 Å². The number of primary amides is 1. The molecule has 0 aliphatic carbocycles. The highest BCUT2D eigenvalue weighted by molar-refractivity contribution is 8.00. The van der Waals surface area contributed by atoms with Crippen LogP contribution in [0.1, 0.15) is 19.2 Å². The lowest BCUT2D eigenvalue weighted by molar-refractivity contribution is -0.118. The molecule has 0 aliphatic heterocycles. The highest BCUT2D eigenvalue weighted by Gasteiger charge is 2.20. The van der Waals surface area contributed by atoms with Gasteiger partial charge in [-0.2, -0.15) is 0 Å². The lowest BCUT2D eigenvalue weighted by Gasteiger charge is -2.13. The molecule has 1 aromatic heterocycles. The number of amides is 2. The zero-order valence-corrected chi connectivity index (χ0v) is 16.0. The van der Waals surface area contributed by atoms with E-state index in [1.807, 2.05) is 0 Å². The predicted molar refractivity (Wildman–Crippen MR) is 98.9 cm³/mol. The third-order valence-corrected chi connectivity index (χ3v) is 5.06. The zero-order valence-electron chi connectivity index (χ0n) is 13.6. The average Bonchev–Trinajstić information content (AvgIpc) is 2.89. The minimum atomic E-state index is -0.443. The van der Waals surface area contributed by atoms with E-state index < -0.39 is 11.2 Å². The maximum atomic E-state index is 12.4. The first kappa shape index (κ1) is 19.6. The van der Waals surface area contributed by atoms with Crippen LogP contribution in [0.3, 0.4) is 0 Å². The largest absolute Gasteiger partial charge is 0.370 e. The van der Waals surface area contributed by atoms with Crippen LogP contribution in [0, 0.1) is 0 Å². The Kier molecular flexibility index (Phi) is 6.69. The first-order valence-corrected chi connectivity index (χ1v) is 9.00. The Morgan fingerprint density at radius 2 is 2.08 bits per heavy atom. The number of nitrogens with two attached hydrogens (primary N) is 1.